The number of nitrogens with zero attached hydrogens (tertiary/aromatic N) is 2. The molecule has 0 atom stereocenters. The van der Waals surface area contributed by atoms with E-state index in [1.807, 2.05) is 0 Å². The summed E-state index contributed by atoms with van der Waals surface area (Å²) in [5.41, 5.74) is 2.69. The number of aliphatic hydroxyl groups is 1. The number of rotatable bonds is 6. The number of aliphatic hydroxyl groups excluding tert-OH is 1. The second-order valence-electron chi connectivity index (χ2n) is 5.85. The van der Waals surface area contributed by atoms with Crippen molar-refractivity contribution in [3.63, 3.8) is 0 Å². The van der Waals surface area contributed by atoms with Gasteiger partial charge in [-0.05, 0) is 37.5 Å². The molecule has 0 fully saturated rings. The number of fused-ring (bicyclic) bond motifs is 1. The summed E-state index contributed by atoms with van der Waals surface area (Å²) in [7, 11) is 0. The standard InChI is InChI=1S/C14H23N3O/c1-14(2,7-4-8-18)9-15-13-11-5-3-6-12(11)16-10-17-13/h10,18H,3-9H2,1-2H3,(H,15,16,17). The maximum Gasteiger partial charge on any atom is 0.132 e. The van der Waals surface area contributed by atoms with Gasteiger partial charge in [-0.15, -0.1) is 0 Å². The lowest BCUT2D eigenvalue weighted by Crippen LogP contribution is -2.24. The van der Waals surface area contributed by atoms with Gasteiger partial charge in [-0.25, -0.2) is 9.97 Å². The van der Waals surface area contributed by atoms with Gasteiger partial charge >= 0.3 is 0 Å². The van der Waals surface area contributed by atoms with E-state index >= 15 is 0 Å². The minimum atomic E-state index is 0.180. The summed E-state index contributed by atoms with van der Waals surface area (Å²) in [4.78, 5) is 8.69. The van der Waals surface area contributed by atoms with E-state index in [0.717, 1.165) is 38.0 Å². The average molecular weight is 249 g/mol. The molecule has 0 aromatic carbocycles. The fourth-order valence-electron chi connectivity index (χ4n) is 2.48. The first-order valence-electron chi connectivity index (χ1n) is 6.80. The van der Waals surface area contributed by atoms with Gasteiger partial charge in [-0.3, -0.25) is 0 Å². The molecular formula is C14H23N3O. The van der Waals surface area contributed by atoms with Crippen LogP contribution in [0.4, 0.5) is 5.82 Å². The zero-order chi connectivity index (χ0) is 13.0. The molecule has 0 aliphatic heterocycles. The van der Waals surface area contributed by atoms with E-state index in [0.29, 0.717) is 0 Å². The quantitative estimate of drug-likeness (QED) is 0.811. The van der Waals surface area contributed by atoms with E-state index in [2.05, 4.69) is 29.1 Å². The molecule has 0 bridgehead atoms. The van der Waals surface area contributed by atoms with Gasteiger partial charge in [0.25, 0.3) is 0 Å². The van der Waals surface area contributed by atoms with E-state index < -0.39 is 0 Å². The Morgan fingerprint density at radius 1 is 1.33 bits per heavy atom. The molecule has 0 saturated carbocycles. The van der Waals surface area contributed by atoms with E-state index in [4.69, 9.17) is 5.11 Å². The third-order valence-corrected chi connectivity index (χ3v) is 3.62. The van der Waals surface area contributed by atoms with Crippen LogP contribution in [0.2, 0.25) is 0 Å². The third-order valence-electron chi connectivity index (χ3n) is 3.62. The maximum absolute atomic E-state index is 8.90. The molecule has 0 unspecified atom stereocenters. The van der Waals surface area contributed by atoms with Gasteiger partial charge in [0.15, 0.2) is 0 Å². The second kappa shape index (κ2) is 5.65. The first kappa shape index (κ1) is 13.3. The molecule has 4 heteroatoms. The average Bonchev–Trinajstić information content (AvgIpc) is 2.82. The Labute approximate surface area is 109 Å². The number of nitrogens with one attached hydrogen (secondary N) is 1. The molecule has 0 amide bonds. The zero-order valence-electron chi connectivity index (χ0n) is 11.4. The first-order valence-corrected chi connectivity index (χ1v) is 6.80. The van der Waals surface area contributed by atoms with Crippen LogP contribution in [0, 0.1) is 5.41 Å². The number of aromatic nitrogens is 2. The summed E-state index contributed by atoms with van der Waals surface area (Å²) < 4.78 is 0. The van der Waals surface area contributed by atoms with Gasteiger partial charge in [-0.1, -0.05) is 13.8 Å². The third kappa shape index (κ3) is 3.19. The lowest BCUT2D eigenvalue weighted by Gasteiger charge is -2.25. The number of hydrogen-bond donors (Lipinski definition) is 2. The van der Waals surface area contributed by atoms with Crippen LogP contribution < -0.4 is 5.32 Å². The van der Waals surface area contributed by atoms with Crippen LogP contribution in [0.5, 0.6) is 0 Å². The molecule has 1 aliphatic carbocycles. The van der Waals surface area contributed by atoms with Crippen LogP contribution in [0.1, 0.15) is 44.4 Å². The molecule has 18 heavy (non-hydrogen) atoms. The molecular weight excluding hydrogens is 226 g/mol. The van der Waals surface area contributed by atoms with Crippen LogP contribution >= 0.6 is 0 Å². The summed E-state index contributed by atoms with van der Waals surface area (Å²) >= 11 is 0. The Hall–Kier alpha value is -1.16. The molecule has 4 nitrogen and oxygen atoms in total. The van der Waals surface area contributed by atoms with Crippen LogP contribution in [-0.2, 0) is 12.8 Å². The van der Waals surface area contributed by atoms with Crippen LogP contribution in [0.15, 0.2) is 6.33 Å². The van der Waals surface area contributed by atoms with Crippen molar-refractivity contribution < 1.29 is 5.11 Å². The van der Waals surface area contributed by atoms with Gasteiger partial charge in [0.05, 0.1) is 0 Å². The highest BCUT2D eigenvalue weighted by Gasteiger charge is 2.20. The van der Waals surface area contributed by atoms with Crippen molar-refractivity contribution in [1.29, 1.82) is 0 Å². The maximum atomic E-state index is 8.90. The predicted molar refractivity (Wildman–Crippen MR) is 72.6 cm³/mol. The molecule has 0 saturated heterocycles. The Bertz CT molecular complexity index is 404. The van der Waals surface area contributed by atoms with Crippen molar-refractivity contribution in [3.05, 3.63) is 17.6 Å². The van der Waals surface area contributed by atoms with E-state index in [9.17, 15) is 0 Å². The topological polar surface area (TPSA) is 58.0 Å². The molecule has 0 radical (unpaired) electrons. The largest absolute Gasteiger partial charge is 0.396 e. The molecule has 1 aromatic rings. The Morgan fingerprint density at radius 3 is 2.94 bits per heavy atom. The van der Waals surface area contributed by atoms with Gasteiger partial charge in [0.2, 0.25) is 0 Å². The SMILES string of the molecule is CC(C)(CCCO)CNc1ncnc2c1CCC2. The molecule has 2 rings (SSSR count). The van der Waals surface area contributed by atoms with Crippen molar-refractivity contribution in [1.82, 2.24) is 9.97 Å². The van der Waals surface area contributed by atoms with E-state index in [1.165, 1.54) is 17.7 Å². The van der Waals surface area contributed by atoms with E-state index in [-0.39, 0.29) is 12.0 Å². The Kier molecular flexibility index (Phi) is 4.17. The zero-order valence-corrected chi connectivity index (χ0v) is 11.4. The monoisotopic (exact) mass is 249 g/mol. The minimum Gasteiger partial charge on any atom is -0.396 e. The molecule has 1 aromatic heterocycles. The Morgan fingerprint density at radius 2 is 2.17 bits per heavy atom. The normalized spacial score (nSPS) is 14.6. The van der Waals surface area contributed by atoms with E-state index in [1.54, 1.807) is 6.33 Å². The smallest absolute Gasteiger partial charge is 0.132 e. The summed E-state index contributed by atoms with van der Waals surface area (Å²) in [6.07, 6.45) is 6.90. The van der Waals surface area contributed by atoms with Crippen molar-refractivity contribution >= 4 is 5.82 Å². The highest BCUT2D eigenvalue weighted by Crippen LogP contribution is 2.27. The lowest BCUT2D eigenvalue weighted by molar-refractivity contribution is 0.248. The molecule has 1 aliphatic rings. The summed E-state index contributed by atoms with van der Waals surface area (Å²) in [5.74, 6) is 1.01. The van der Waals surface area contributed by atoms with Gasteiger partial charge in [0, 0.05) is 24.4 Å². The van der Waals surface area contributed by atoms with Crippen molar-refractivity contribution in [2.75, 3.05) is 18.5 Å². The molecule has 100 valence electrons. The highest BCUT2D eigenvalue weighted by molar-refractivity contribution is 5.48. The molecule has 1 heterocycles. The summed E-state index contributed by atoms with van der Waals surface area (Å²) in [6, 6.07) is 0. The van der Waals surface area contributed by atoms with Crippen LogP contribution in [0.3, 0.4) is 0 Å². The second-order valence-corrected chi connectivity index (χ2v) is 5.85. The first-order chi connectivity index (χ1) is 8.62. The van der Waals surface area contributed by atoms with Gasteiger partial charge in [-0.2, -0.15) is 0 Å². The van der Waals surface area contributed by atoms with Crippen molar-refractivity contribution in [2.24, 2.45) is 5.41 Å². The fraction of sp³-hybridized carbons (Fsp3) is 0.714. The number of aryl methyl sites for hydroxylation is 1. The highest BCUT2D eigenvalue weighted by atomic mass is 16.2. The summed E-state index contributed by atoms with van der Waals surface area (Å²) in [5, 5.41) is 12.4. The summed E-state index contributed by atoms with van der Waals surface area (Å²) in [6.45, 7) is 5.59. The number of anilines is 1. The van der Waals surface area contributed by atoms with Gasteiger partial charge in [0.1, 0.15) is 12.1 Å². The minimum absolute atomic E-state index is 0.180. The molecule has 0 spiro atoms. The van der Waals surface area contributed by atoms with Crippen LogP contribution in [0.25, 0.3) is 0 Å². The van der Waals surface area contributed by atoms with Crippen molar-refractivity contribution in [3.8, 4) is 0 Å². The van der Waals surface area contributed by atoms with Gasteiger partial charge < -0.3 is 10.4 Å². The predicted octanol–water partition coefficient (Wildman–Crippen LogP) is 2.18. The lowest BCUT2D eigenvalue weighted by atomic mass is 9.88. The Balaban J connectivity index is 1.96. The van der Waals surface area contributed by atoms with Crippen molar-refractivity contribution in [2.45, 2.75) is 46.0 Å². The fourth-order valence-corrected chi connectivity index (χ4v) is 2.48. The molecule has 2 N–H and O–H groups in total. The number of hydrogen-bond acceptors (Lipinski definition) is 4. The van der Waals surface area contributed by atoms with Crippen LogP contribution in [-0.4, -0.2) is 28.2 Å².